The van der Waals surface area contributed by atoms with Gasteiger partial charge < -0.3 is 25.0 Å². The number of carbonyl (C=O) groups excluding carboxylic acids is 3. The second-order valence-corrected chi connectivity index (χ2v) is 10.3. The molecule has 0 unspecified atom stereocenters. The molecular formula is C33H39ClN4O5. The predicted octanol–water partition coefficient (Wildman–Crippen LogP) is 5.04. The Kier molecular flexibility index (Phi) is 12.1. The van der Waals surface area contributed by atoms with Crippen LogP contribution in [0.3, 0.4) is 0 Å². The number of nitrogens with zero attached hydrogens (tertiary/aromatic N) is 2. The third-order valence-electron chi connectivity index (χ3n) is 7.24. The smallest absolute Gasteiger partial charge is 0.307 e. The Morgan fingerprint density at radius 1 is 1.00 bits per heavy atom. The lowest BCUT2D eigenvalue weighted by Crippen LogP contribution is -2.35. The third kappa shape index (κ3) is 8.81. The molecular weight excluding hydrogens is 568 g/mol. The minimum absolute atomic E-state index is 0. The van der Waals surface area contributed by atoms with Crippen molar-refractivity contribution in [3.05, 3.63) is 94.5 Å². The number of benzene rings is 3. The van der Waals surface area contributed by atoms with Gasteiger partial charge in [0.2, 0.25) is 5.91 Å². The molecule has 1 saturated heterocycles. The van der Waals surface area contributed by atoms with Crippen LogP contribution < -0.4 is 15.4 Å². The monoisotopic (exact) mass is 606 g/mol. The van der Waals surface area contributed by atoms with Crippen molar-refractivity contribution in [2.75, 3.05) is 31.1 Å². The van der Waals surface area contributed by atoms with E-state index in [1.165, 1.54) is 4.90 Å². The summed E-state index contributed by atoms with van der Waals surface area (Å²) in [5.41, 5.74) is 9.71. The molecule has 0 spiro atoms. The van der Waals surface area contributed by atoms with Gasteiger partial charge in [-0.15, -0.1) is 12.4 Å². The molecule has 10 heteroatoms. The fraction of sp³-hybridized carbons (Fsp3) is 0.333. The molecule has 3 aromatic rings. The molecule has 43 heavy (non-hydrogen) atoms. The zero-order valence-electron chi connectivity index (χ0n) is 24.6. The number of amides is 2. The number of likely N-dealkylation sites (tertiary alicyclic amines) is 1. The van der Waals surface area contributed by atoms with Crippen molar-refractivity contribution >= 4 is 41.7 Å². The summed E-state index contributed by atoms with van der Waals surface area (Å²) in [6.07, 6.45) is 1.96. The summed E-state index contributed by atoms with van der Waals surface area (Å²) in [6, 6.07) is 20.1. The first-order chi connectivity index (χ1) is 20.3. The number of hydrogen-bond acceptors (Lipinski definition) is 6. The number of hydrogen-bond donors (Lipinski definition) is 2. The first-order valence-electron chi connectivity index (χ1n) is 14.3. The SMILES string of the molecule is CCOC(=O)CCN(C(=O)Cc1cc(C(=N)N)ccc1OCc1ccccc1)c1ccc(C(=O)N2CCCC2)c(C)c1.Cl. The van der Waals surface area contributed by atoms with E-state index in [9.17, 15) is 14.4 Å². The lowest BCUT2D eigenvalue weighted by atomic mass is 10.0. The highest BCUT2D eigenvalue weighted by atomic mass is 35.5. The quantitative estimate of drug-likeness (QED) is 0.169. The van der Waals surface area contributed by atoms with Crippen LogP contribution in [0.1, 0.15) is 58.8 Å². The summed E-state index contributed by atoms with van der Waals surface area (Å²) in [7, 11) is 0. The second kappa shape index (κ2) is 15.7. The highest BCUT2D eigenvalue weighted by Crippen LogP contribution is 2.26. The minimum Gasteiger partial charge on any atom is -0.489 e. The van der Waals surface area contributed by atoms with Gasteiger partial charge in [0.15, 0.2) is 0 Å². The van der Waals surface area contributed by atoms with Crippen molar-refractivity contribution in [3.63, 3.8) is 0 Å². The number of carbonyl (C=O) groups is 3. The van der Waals surface area contributed by atoms with E-state index in [-0.39, 0.29) is 56.1 Å². The van der Waals surface area contributed by atoms with Crippen molar-refractivity contribution in [1.29, 1.82) is 5.41 Å². The normalized spacial score (nSPS) is 12.3. The largest absolute Gasteiger partial charge is 0.489 e. The number of rotatable bonds is 12. The van der Waals surface area contributed by atoms with Crippen LogP contribution in [-0.2, 0) is 27.4 Å². The number of nitrogens with two attached hydrogens (primary N) is 1. The molecule has 0 bridgehead atoms. The van der Waals surface area contributed by atoms with Gasteiger partial charge in [-0.2, -0.15) is 0 Å². The van der Waals surface area contributed by atoms with E-state index in [2.05, 4.69) is 0 Å². The fourth-order valence-electron chi connectivity index (χ4n) is 5.00. The first kappa shape index (κ1) is 33.1. The summed E-state index contributed by atoms with van der Waals surface area (Å²) in [4.78, 5) is 42.6. The van der Waals surface area contributed by atoms with Crippen molar-refractivity contribution in [2.24, 2.45) is 5.73 Å². The van der Waals surface area contributed by atoms with Crippen LogP contribution in [0.15, 0.2) is 66.7 Å². The molecule has 1 aliphatic heterocycles. The minimum atomic E-state index is -0.404. The number of halogens is 1. The van der Waals surface area contributed by atoms with E-state index < -0.39 is 5.97 Å². The van der Waals surface area contributed by atoms with E-state index in [0.717, 1.165) is 37.1 Å². The summed E-state index contributed by atoms with van der Waals surface area (Å²) >= 11 is 0. The van der Waals surface area contributed by atoms with E-state index in [1.807, 2.05) is 48.2 Å². The number of ether oxygens (including phenoxy) is 2. The zero-order chi connectivity index (χ0) is 30.1. The van der Waals surface area contributed by atoms with Gasteiger partial charge >= 0.3 is 5.97 Å². The molecule has 0 aromatic heterocycles. The fourth-order valence-corrected chi connectivity index (χ4v) is 5.00. The number of amidine groups is 1. The van der Waals surface area contributed by atoms with Gasteiger partial charge in [0.25, 0.3) is 5.91 Å². The Morgan fingerprint density at radius 2 is 1.72 bits per heavy atom. The number of nitrogen functional groups attached to an aromatic ring is 1. The average Bonchev–Trinajstić information content (AvgIpc) is 3.52. The standard InChI is InChI=1S/C33H38N4O5.ClH/c1-3-41-31(39)15-18-37(27-12-13-28(23(2)19-27)33(40)36-16-7-8-17-36)30(38)21-26-20-25(32(34)35)11-14-29(26)42-22-24-9-5-4-6-10-24;/h4-6,9-14,19-20H,3,7-8,15-18,21-22H2,1-2H3,(H3,34,35);1H. The van der Waals surface area contributed by atoms with Crippen molar-refractivity contribution in [2.45, 2.75) is 46.1 Å². The number of aryl methyl sites for hydroxylation is 1. The van der Waals surface area contributed by atoms with Crippen LogP contribution in [0.25, 0.3) is 0 Å². The predicted molar refractivity (Wildman–Crippen MR) is 169 cm³/mol. The molecule has 0 atom stereocenters. The molecule has 1 aliphatic rings. The Bertz CT molecular complexity index is 1440. The maximum absolute atomic E-state index is 13.9. The van der Waals surface area contributed by atoms with Gasteiger partial charge in [0.1, 0.15) is 18.2 Å². The summed E-state index contributed by atoms with van der Waals surface area (Å²) in [5, 5.41) is 7.89. The molecule has 9 nitrogen and oxygen atoms in total. The first-order valence-corrected chi connectivity index (χ1v) is 14.3. The van der Waals surface area contributed by atoms with Gasteiger partial charge in [-0.3, -0.25) is 19.8 Å². The molecule has 3 N–H and O–H groups in total. The summed E-state index contributed by atoms with van der Waals surface area (Å²) in [5.74, 6) is -0.306. The molecule has 0 saturated carbocycles. The molecule has 1 fully saturated rings. The molecule has 2 amide bonds. The second-order valence-electron chi connectivity index (χ2n) is 10.3. The Labute approximate surface area is 258 Å². The van der Waals surface area contributed by atoms with Crippen molar-refractivity contribution < 1.29 is 23.9 Å². The maximum atomic E-state index is 13.9. The van der Waals surface area contributed by atoms with E-state index >= 15 is 0 Å². The highest BCUT2D eigenvalue weighted by molar-refractivity contribution is 5.99. The van der Waals surface area contributed by atoms with Gasteiger partial charge in [-0.25, -0.2) is 0 Å². The highest BCUT2D eigenvalue weighted by Gasteiger charge is 2.24. The van der Waals surface area contributed by atoms with Gasteiger partial charge in [-0.05, 0) is 74.2 Å². The lowest BCUT2D eigenvalue weighted by Gasteiger charge is -2.25. The molecule has 3 aromatic carbocycles. The van der Waals surface area contributed by atoms with Crippen molar-refractivity contribution in [3.8, 4) is 5.75 Å². The van der Waals surface area contributed by atoms with E-state index in [1.54, 1.807) is 37.3 Å². The topological polar surface area (TPSA) is 126 Å². The molecule has 1 heterocycles. The number of anilines is 1. The van der Waals surface area contributed by atoms with Crippen LogP contribution in [-0.4, -0.2) is 54.8 Å². The Hall–Kier alpha value is -4.37. The van der Waals surface area contributed by atoms with Gasteiger partial charge in [0, 0.05) is 42.0 Å². The number of nitrogens with one attached hydrogen (secondary N) is 1. The molecule has 228 valence electrons. The number of esters is 1. The van der Waals surface area contributed by atoms with Crippen LogP contribution in [0, 0.1) is 12.3 Å². The van der Waals surface area contributed by atoms with Gasteiger partial charge in [-0.1, -0.05) is 30.3 Å². The average molecular weight is 607 g/mol. The summed E-state index contributed by atoms with van der Waals surface area (Å²) < 4.78 is 11.2. The summed E-state index contributed by atoms with van der Waals surface area (Å²) in [6.45, 7) is 5.74. The Morgan fingerprint density at radius 3 is 2.37 bits per heavy atom. The van der Waals surface area contributed by atoms with Crippen molar-refractivity contribution in [1.82, 2.24) is 4.90 Å². The molecule has 0 aliphatic carbocycles. The van der Waals surface area contributed by atoms with Crippen LogP contribution >= 0.6 is 12.4 Å². The Balaban J connectivity index is 0.00000506. The lowest BCUT2D eigenvalue weighted by molar-refractivity contribution is -0.142. The van der Waals surface area contributed by atoms with Crippen LogP contribution in [0.2, 0.25) is 0 Å². The molecule has 4 rings (SSSR count). The van der Waals surface area contributed by atoms with Gasteiger partial charge in [0.05, 0.1) is 19.4 Å². The van der Waals surface area contributed by atoms with E-state index in [0.29, 0.717) is 34.7 Å². The maximum Gasteiger partial charge on any atom is 0.307 e. The molecule has 0 radical (unpaired) electrons. The zero-order valence-corrected chi connectivity index (χ0v) is 25.5. The van der Waals surface area contributed by atoms with Crippen LogP contribution in [0.4, 0.5) is 5.69 Å². The van der Waals surface area contributed by atoms with Crippen LogP contribution in [0.5, 0.6) is 5.75 Å². The third-order valence-corrected chi connectivity index (χ3v) is 7.24. The van der Waals surface area contributed by atoms with E-state index in [4.69, 9.17) is 20.6 Å².